The molecule has 0 atom stereocenters. The molecule has 0 aliphatic rings. The number of nitrogens with one attached hydrogen (secondary N) is 1. The third kappa shape index (κ3) is 2.63. The lowest BCUT2D eigenvalue weighted by Gasteiger charge is -1.96. The number of nitrogens with zero attached hydrogens (tertiary/aromatic N) is 2. The molecule has 16 heavy (non-hydrogen) atoms. The molecule has 7 heteroatoms. The summed E-state index contributed by atoms with van der Waals surface area (Å²) in [6, 6.07) is 1.76. The van der Waals surface area contributed by atoms with Gasteiger partial charge < -0.3 is 4.74 Å². The van der Waals surface area contributed by atoms with E-state index >= 15 is 0 Å². The molecule has 2 aromatic rings. The first-order chi connectivity index (χ1) is 7.79. The largest absolute Gasteiger partial charge is 0.377 e. The highest BCUT2D eigenvalue weighted by molar-refractivity contribution is 7.10. The topological polar surface area (TPSA) is 64.1 Å². The predicted octanol–water partition coefficient (Wildman–Crippen LogP) is 2.00. The van der Waals surface area contributed by atoms with E-state index in [4.69, 9.17) is 4.74 Å². The second-order valence-electron chi connectivity index (χ2n) is 2.91. The molecular weight excluding hydrogens is 246 g/mol. The van der Waals surface area contributed by atoms with Gasteiger partial charge in [0.05, 0.1) is 5.56 Å². The minimum Gasteiger partial charge on any atom is -0.377 e. The number of hydrogen-bond donors (Lipinski definition) is 1. The molecule has 84 valence electrons. The zero-order valence-corrected chi connectivity index (χ0v) is 10.1. The summed E-state index contributed by atoms with van der Waals surface area (Å²) < 4.78 is 8.92. The summed E-state index contributed by atoms with van der Waals surface area (Å²) in [5, 5.41) is 6.81. The van der Waals surface area contributed by atoms with Crippen molar-refractivity contribution in [3.63, 3.8) is 0 Å². The molecule has 0 bridgehead atoms. The van der Waals surface area contributed by atoms with Crippen molar-refractivity contribution < 1.29 is 9.53 Å². The van der Waals surface area contributed by atoms with E-state index in [2.05, 4.69) is 14.7 Å². The fourth-order valence-corrected chi connectivity index (χ4v) is 2.26. The number of aromatic nitrogens is 2. The third-order valence-electron chi connectivity index (χ3n) is 1.75. The van der Waals surface area contributed by atoms with Crippen molar-refractivity contribution in [1.82, 2.24) is 9.36 Å². The summed E-state index contributed by atoms with van der Waals surface area (Å²) in [6.45, 7) is 0.352. The third-order valence-corrected chi connectivity index (χ3v) is 3.10. The monoisotopic (exact) mass is 255 g/mol. The number of carbonyl (C=O) groups excluding carboxylic acids is 1. The SMILES string of the molecule is COCc1nsc(NC(=O)c2ccsc2)n1. The van der Waals surface area contributed by atoms with E-state index in [-0.39, 0.29) is 5.91 Å². The molecule has 1 amide bonds. The first-order valence-corrected chi connectivity index (χ1v) is 6.16. The van der Waals surface area contributed by atoms with Gasteiger partial charge in [0, 0.05) is 24.0 Å². The molecule has 0 radical (unpaired) electrons. The van der Waals surface area contributed by atoms with Crippen LogP contribution >= 0.6 is 22.9 Å². The molecule has 2 aromatic heterocycles. The van der Waals surface area contributed by atoms with Crippen LogP contribution in [0.2, 0.25) is 0 Å². The van der Waals surface area contributed by atoms with Crippen LogP contribution in [-0.4, -0.2) is 22.4 Å². The number of methoxy groups -OCH3 is 1. The van der Waals surface area contributed by atoms with Crippen LogP contribution in [0, 0.1) is 0 Å². The molecule has 0 aromatic carbocycles. The molecule has 1 N–H and O–H groups in total. The minimum atomic E-state index is -0.165. The van der Waals surface area contributed by atoms with Gasteiger partial charge in [-0.05, 0) is 11.4 Å². The number of rotatable bonds is 4. The summed E-state index contributed by atoms with van der Waals surface area (Å²) in [5.41, 5.74) is 0.633. The number of anilines is 1. The molecule has 0 aliphatic carbocycles. The first kappa shape index (κ1) is 11.2. The fraction of sp³-hybridized carbons (Fsp3) is 0.222. The lowest BCUT2D eigenvalue weighted by Crippen LogP contribution is -2.10. The van der Waals surface area contributed by atoms with Gasteiger partial charge in [-0.25, -0.2) is 4.98 Å². The maximum atomic E-state index is 11.6. The van der Waals surface area contributed by atoms with Crippen LogP contribution in [0.25, 0.3) is 0 Å². The van der Waals surface area contributed by atoms with Crippen molar-refractivity contribution in [3.8, 4) is 0 Å². The summed E-state index contributed by atoms with van der Waals surface area (Å²) in [6.07, 6.45) is 0. The highest BCUT2D eigenvalue weighted by atomic mass is 32.1. The Bertz CT molecular complexity index is 467. The van der Waals surface area contributed by atoms with Gasteiger partial charge in [0.15, 0.2) is 5.82 Å². The quantitative estimate of drug-likeness (QED) is 0.907. The molecule has 0 saturated carbocycles. The maximum Gasteiger partial charge on any atom is 0.258 e. The van der Waals surface area contributed by atoms with E-state index in [1.165, 1.54) is 11.3 Å². The maximum absolute atomic E-state index is 11.6. The Kier molecular flexibility index (Phi) is 3.60. The van der Waals surface area contributed by atoms with Crippen molar-refractivity contribution in [2.75, 3.05) is 12.4 Å². The van der Waals surface area contributed by atoms with E-state index in [1.54, 1.807) is 18.6 Å². The van der Waals surface area contributed by atoms with E-state index in [1.807, 2.05) is 5.38 Å². The molecule has 0 aliphatic heterocycles. The van der Waals surface area contributed by atoms with Gasteiger partial charge in [-0.15, -0.1) is 0 Å². The van der Waals surface area contributed by atoms with Crippen LogP contribution in [0.15, 0.2) is 16.8 Å². The molecule has 0 spiro atoms. The summed E-state index contributed by atoms with van der Waals surface area (Å²) >= 11 is 2.62. The summed E-state index contributed by atoms with van der Waals surface area (Å²) in [5.74, 6) is 0.412. The van der Waals surface area contributed by atoms with Crippen molar-refractivity contribution >= 4 is 33.9 Å². The van der Waals surface area contributed by atoms with Crippen LogP contribution in [0.5, 0.6) is 0 Å². The number of thiophene rings is 1. The molecule has 0 unspecified atom stereocenters. The minimum absolute atomic E-state index is 0.165. The van der Waals surface area contributed by atoms with Crippen LogP contribution in [0.1, 0.15) is 16.2 Å². The average Bonchev–Trinajstić information content (AvgIpc) is 2.89. The Hall–Kier alpha value is -1.31. The first-order valence-electron chi connectivity index (χ1n) is 4.44. The van der Waals surface area contributed by atoms with E-state index in [0.717, 1.165) is 11.5 Å². The van der Waals surface area contributed by atoms with Crippen LogP contribution in [0.3, 0.4) is 0 Å². The van der Waals surface area contributed by atoms with Crippen molar-refractivity contribution in [2.45, 2.75) is 6.61 Å². The van der Waals surface area contributed by atoms with Gasteiger partial charge in [-0.2, -0.15) is 15.7 Å². The van der Waals surface area contributed by atoms with Gasteiger partial charge in [0.25, 0.3) is 5.91 Å². The Morgan fingerprint density at radius 2 is 2.50 bits per heavy atom. The number of amides is 1. The van der Waals surface area contributed by atoms with E-state index in [9.17, 15) is 4.79 Å². The van der Waals surface area contributed by atoms with Crippen molar-refractivity contribution in [2.24, 2.45) is 0 Å². The highest BCUT2D eigenvalue weighted by Crippen LogP contribution is 2.14. The van der Waals surface area contributed by atoms with Crippen molar-refractivity contribution in [3.05, 3.63) is 28.2 Å². The normalized spacial score (nSPS) is 10.3. The number of ether oxygens (including phenoxy) is 1. The van der Waals surface area contributed by atoms with Crippen LogP contribution in [0.4, 0.5) is 5.13 Å². The Morgan fingerprint density at radius 1 is 1.62 bits per heavy atom. The lowest BCUT2D eigenvalue weighted by atomic mass is 10.3. The predicted molar refractivity (Wildman–Crippen MR) is 62.9 cm³/mol. The summed E-state index contributed by atoms with van der Waals surface area (Å²) in [7, 11) is 1.57. The van der Waals surface area contributed by atoms with Gasteiger partial charge in [0.1, 0.15) is 6.61 Å². The Morgan fingerprint density at radius 3 is 3.19 bits per heavy atom. The van der Waals surface area contributed by atoms with Crippen LogP contribution in [-0.2, 0) is 11.3 Å². The zero-order chi connectivity index (χ0) is 11.4. The molecule has 2 heterocycles. The van der Waals surface area contributed by atoms with Gasteiger partial charge >= 0.3 is 0 Å². The highest BCUT2D eigenvalue weighted by Gasteiger charge is 2.09. The molecule has 2 rings (SSSR count). The molecule has 5 nitrogen and oxygen atoms in total. The van der Waals surface area contributed by atoms with E-state index in [0.29, 0.717) is 23.1 Å². The fourth-order valence-electron chi connectivity index (χ4n) is 1.06. The van der Waals surface area contributed by atoms with Gasteiger partial charge in [0.2, 0.25) is 5.13 Å². The molecular formula is C9H9N3O2S2. The number of hydrogen-bond acceptors (Lipinski definition) is 6. The van der Waals surface area contributed by atoms with Crippen LogP contribution < -0.4 is 5.32 Å². The standard InChI is InChI=1S/C9H9N3O2S2/c1-14-4-7-10-9(16-12-7)11-8(13)6-2-3-15-5-6/h2-3,5H,4H2,1H3,(H,10,11,12,13). The smallest absolute Gasteiger partial charge is 0.258 e. The molecule has 0 fully saturated rings. The average molecular weight is 255 g/mol. The Balaban J connectivity index is 2.01. The Labute approximate surface area is 100 Å². The second-order valence-corrected chi connectivity index (χ2v) is 4.45. The summed E-state index contributed by atoms with van der Waals surface area (Å²) in [4.78, 5) is 15.7. The van der Waals surface area contributed by atoms with E-state index < -0.39 is 0 Å². The van der Waals surface area contributed by atoms with Crippen molar-refractivity contribution in [1.29, 1.82) is 0 Å². The number of carbonyl (C=O) groups is 1. The zero-order valence-electron chi connectivity index (χ0n) is 8.47. The van der Waals surface area contributed by atoms with Gasteiger partial charge in [-0.1, -0.05) is 0 Å². The second kappa shape index (κ2) is 5.15. The lowest BCUT2D eigenvalue weighted by molar-refractivity contribution is 0.102. The van der Waals surface area contributed by atoms with Gasteiger partial charge in [-0.3, -0.25) is 10.1 Å². The molecule has 0 saturated heterocycles.